The van der Waals surface area contributed by atoms with Crippen molar-refractivity contribution < 1.29 is 0 Å². The fourth-order valence-electron chi connectivity index (χ4n) is 7.62. The first-order valence-electron chi connectivity index (χ1n) is 17.5. The first kappa shape index (κ1) is 31.1. The Morgan fingerprint density at radius 3 is 2.04 bits per heavy atom. The van der Waals surface area contributed by atoms with E-state index in [9.17, 15) is 0 Å². The third-order valence-electron chi connectivity index (χ3n) is 9.92. The molecule has 3 heterocycles. The number of fused-ring (bicyclic) bond motifs is 8. The van der Waals surface area contributed by atoms with Gasteiger partial charge in [0.2, 0.25) is 0 Å². The van der Waals surface area contributed by atoms with E-state index in [1.807, 2.05) is 18.3 Å². The monoisotopic (exact) mass is 675 g/mol. The van der Waals surface area contributed by atoms with Gasteiger partial charge in [0.1, 0.15) is 6.17 Å². The lowest BCUT2D eigenvalue weighted by molar-refractivity contribution is 0.506. The third kappa shape index (κ3) is 5.41. The van der Waals surface area contributed by atoms with Crippen LogP contribution in [-0.2, 0) is 0 Å². The molecule has 4 heteroatoms. The molecule has 3 nitrogen and oxygen atoms in total. The molecular weight excluding hydrogens is 639 g/mol. The minimum Gasteiger partial charge on any atom is -0.366 e. The standard InChI is InChI=1S/C44H31N3S.C3H6/c1-2-10-28(11-3-1)29-18-20-30(21-19-29)42-35-13-4-7-15-37(35)45-44(46-42)31-22-24-32(25-23-31)47-38-16-8-5-14-36(38)41-39(47)27-26-34-33-12-6-9-17-40(33)48-43(34)41;1-3-2/h1-27,42,44-46H;3H,1H2,2H3. The molecule has 0 amide bonds. The van der Waals surface area contributed by atoms with Crippen LogP contribution >= 0.6 is 11.3 Å². The maximum absolute atomic E-state index is 3.93. The van der Waals surface area contributed by atoms with E-state index in [-0.39, 0.29) is 12.2 Å². The molecule has 2 N–H and O–H groups in total. The molecule has 9 aromatic rings. The molecule has 2 aromatic heterocycles. The zero-order valence-electron chi connectivity index (χ0n) is 28.4. The smallest absolute Gasteiger partial charge is 0.104 e. The van der Waals surface area contributed by atoms with E-state index in [2.05, 4.69) is 186 Å². The summed E-state index contributed by atoms with van der Waals surface area (Å²) in [5, 5.41) is 13.0. The van der Waals surface area contributed by atoms with Crippen LogP contribution < -0.4 is 10.6 Å². The maximum Gasteiger partial charge on any atom is 0.104 e. The number of hydrogen-bond donors (Lipinski definition) is 2. The van der Waals surface area contributed by atoms with Crippen LogP contribution in [-0.4, -0.2) is 4.57 Å². The molecule has 246 valence electrons. The summed E-state index contributed by atoms with van der Waals surface area (Å²) < 4.78 is 5.12. The van der Waals surface area contributed by atoms with Crippen LogP contribution in [0.1, 0.15) is 35.8 Å². The zero-order chi connectivity index (χ0) is 34.3. The van der Waals surface area contributed by atoms with Crippen LogP contribution in [0.3, 0.4) is 0 Å². The number of benzene rings is 7. The fraction of sp³-hybridized carbons (Fsp3) is 0.0638. The number of allylic oxidation sites excluding steroid dienone is 1. The zero-order valence-corrected chi connectivity index (χ0v) is 29.2. The summed E-state index contributed by atoms with van der Waals surface area (Å²) in [7, 11) is 0. The lowest BCUT2D eigenvalue weighted by atomic mass is 9.92. The van der Waals surface area contributed by atoms with Gasteiger partial charge in [-0.15, -0.1) is 17.9 Å². The second kappa shape index (κ2) is 13.1. The predicted octanol–water partition coefficient (Wildman–Crippen LogP) is 12.8. The number of rotatable bonds is 4. The Morgan fingerprint density at radius 1 is 0.588 bits per heavy atom. The van der Waals surface area contributed by atoms with Crippen LogP contribution in [0.25, 0.3) is 58.8 Å². The van der Waals surface area contributed by atoms with Crippen LogP contribution in [0.2, 0.25) is 0 Å². The normalized spacial score (nSPS) is 15.3. The highest BCUT2D eigenvalue weighted by atomic mass is 32.1. The van der Waals surface area contributed by atoms with Gasteiger partial charge < -0.3 is 9.88 Å². The molecule has 0 spiro atoms. The summed E-state index contributed by atoms with van der Waals surface area (Å²) in [5.41, 5.74) is 11.0. The molecule has 7 aromatic carbocycles. The number of thiophene rings is 1. The number of nitrogens with zero attached hydrogens (tertiary/aromatic N) is 1. The van der Waals surface area contributed by atoms with E-state index < -0.39 is 0 Å². The highest BCUT2D eigenvalue weighted by Gasteiger charge is 2.28. The van der Waals surface area contributed by atoms with Crippen molar-refractivity contribution >= 4 is 59.0 Å². The third-order valence-corrected chi connectivity index (χ3v) is 11.1. The first-order chi connectivity index (χ1) is 25.2. The summed E-state index contributed by atoms with van der Waals surface area (Å²) in [4.78, 5) is 0. The average Bonchev–Trinajstić information content (AvgIpc) is 3.74. The van der Waals surface area contributed by atoms with Crippen molar-refractivity contribution in [3.63, 3.8) is 0 Å². The number of anilines is 1. The van der Waals surface area contributed by atoms with Crippen molar-refractivity contribution in [2.24, 2.45) is 0 Å². The van der Waals surface area contributed by atoms with E-state index in [1.165, 1.54) is 69.8 Å². The minimum atomic E-state index is -0.0379. The van der Waals surface area contributed by atoms with Crippen LogP contribution in [0, 0.1) is 0 Å². The molecule has 0 bridgehead atoms. The number of aromatic nitrogens is 1. The van der Waals surface area contributed by atoms with Gasteiger partial charge in [0.15, 0.2) is 0 Å². The summed E-state index contributed by atoms with van der Waals surface area (Å²) in [6.45, 7) is 5.25. The van der Waals surface area contributed by atoms with Gasteiger partial charge in [-0.2, -0.15) is 0 Å². The van der Waals surface area contributed by atoms with Crippen molar-refractivity contribution in [3.05, 3.63) is 193 Å². The van der Waals surface area contributed by atoms with Gasteiger partial charge in [0, 0.05) is 42.3 Å². The molecular formula is C47H37N3S. The quantitative estimate of drug-likeness (QED) is 0.182. The van der Waals surface area contributed by atoms with Crippen molar-refractivity contribution in [2.75, 3.05) is 5.32 Å². The molecule has 1 aliphatic heterocycles. The Kier molecular flexibility index (Phi) is 7.96. The molecule has 2 unspecified atom stereocenters. The molecule has 10 rings (SSSR count). The largest absolute Gasteiger partial charge is 0.366 e. The molecule has 0 saturated heterocycles. The van der Waals surface area contributed by atoms with Gasteiger partial charge in [-0.25, -0.2) is 0 Å². The van der Waals surface area contributed by atoms with E-state index >= 15 is 0 Å². The highest BCUT2D eigenvalue weighted by molar-refractivity contribution is 7.26. The molecule has 0 fully saturated rings. The molecule has 0 saturated carbocycles. The lowest BCUT2D eigenvalue weighted by Crippen LogP contribution is -2.37. The summed E-state index contributed by atoms with van der Waals surface area (Å²) >= 11 is 1.90. The van der Waals surface area contributed by atoms with Gasteiger partial charge in [-0.1, -0.05) is 133 Å². The molecule has 1 aliphatic rings. The Bertz CT molecular complexity index is 2670. The summed E-state index contributed by atoms with van der Waals surface area (Å²) in [5.74, 6) is 0. The van der Waals surface area contributed by atoms with Crippen LogP contribution in [0.15, 0.2) is 176 Å². The summed E-state index contributed by atoms with van der Waals surface area (Å²) in [6.07, 6.45) is 1.71. The van der Waals surface area contributed by atoms with Crippen LogP contribution in [0.4, 0.5) is 5.69 Å². The molecule has 0 radical (unpaired) electrons. The SMILES string of the molecule is C=CC.c1ccc(-c2ccc(C3NC(c4ccc(-n5c6ccccc6c6c7sc8ccccc8c7ccc65)cc4)Nc4ccccc43)cc2)cc1. The first-order valence-corrected chi connectivity index (χ1v) is 18.3. The van der Waals surface area contributed by atoms with Crippen molar-refractivity contribution in [1.82, 2.24) is 9.88 Å². The van der Waals surface area contributed by atoms with Gasteiger partial charge >= 0.3 is 0 Å². The van der Waals surface area contributed by atoms with E-state index in [1.54, 1.807) is 6.08 Å². The fourth-order valence-corrected chi connectivity index (χ4v) is 8.88. The predicted molar refractivity (Wildman–Crippen MR) is 219 cm³/mol. The minimum absolute atomic E-state index is 0.0379. The van der Waals surface area contributed by atoms with Crippen molar-refractivity contribution in [2.45, 2.75) is 19.1 Å². The highest BCUT2D eigenvalue weighted by Crippen LogP contribution is 2.43. The Labute approximate surface area is 302 Å². The second-order valence-corrected chi connectivity index (χ2v) is 14.1. The maximum atomic E-state index is 3.93. The molecule has 51 heavy (non-hydrogen) atoms. The van der Waals surface area contributed by atoms with Crippen LogP contribution in [0.5, 0.6) is 0 Å². The summed E-state index contributed by atoms with van der Waals surface area (Å²) in [6, 6.07) is 59.5. The van der Waals surface area contributed by atoms with Gasteiger partial charge in [-0.3, -0.25) is 5.32 Å². The van der Waals surface area contributed by atoms with Crippen molar-refractivity contribution in [1.29, 1.82) is 0 Å². The van der Waals surface area contributed by atoms with Crippen molar-refractivity contribution in [3.8, 4) is 16.8 Å². The topological polar surface area (TPSA) is 29.0 Å². The lowest BCUT2D eigenvalue weighted by Gasteiger charge is -2.35. The molecule has 0 aliphatic carbocycles. The number of para-hydroxylation sites is 2. The van der Waals surface area contributed by atoms with Gasteiger partial charge in [0.25, 0.3) is 0 Å². The van der Waals surface area contributed by atoms with Gasteiger partial charge in [0.05, 0.1) is 17.1 Å². The van der Waals surface area contributed by atoms with E-state index in [4.69, 9.17) is 0 Å². The van der Waals surface area contributed by atoms with Gasteiger partial charge in [-0.05, 0) is 71.1 Å². The second-order valence-electron chi connectivity index (χ2n) is 13.0. The average molecular weight is 676 g/mol. The van der Waals surface area contributed by atoms with E-state index in [0.717, 1.165) is 11.4 Å². The Balaban J connectivity index is 0.00000112. The number of nitrogens with one attached hydrogen (secondary N) is 2. The number of hydrogen-bond acceptors (Lipinski definition) is 3. The molecule has 2 atom stereocenters. The Hall–Kier alpha value is -5.94. The van der Waals surface area contributed by atoms with E-state index in [0.29, 0.717) is 0 Å². The Morgan fingerprint density at radius 2 is 1.24 bits per heavy atom.